The van der Waals surface area contributed by atoms with Gasteiger partial charge in [-0.15, -0.1) is 0 Å². The Hall–Kier alpha value is -2.59. The van der Waals surface area contributed by atoms with E-state index >= 15 is 0 Å². The molecule has 2 atom stereocenters. The van der Waals surface area contributed by atoms with E-state index in [9.17, 15) is 9.59 Å². The molecule has 0 radical (unpaired) electrons. The van der Waals surface area contributed by atoms with E-state index in [1.807, 2.05) is 45.0 Å². The lowest BCUT2D eigenvalue weighted by Gasteiger charge is -2.23. The highest BCUT2D eigenvalue weighted by molar-refractivity contribution is 8.15. The van der Waals surface area contributed by atoms with E-state index in [1.54, 1.807) is 0 Å². The van der Waals surface area contributed by atoms with Gasteiger partial charge in [0, 0.05) is 5.92 Å². The lowest BCUT2D eigenvalue weighted by molar-refractivity contribution is -0.119. The molecular formula is C25H27NO2S. The number of hydrogen-bond acceptors (Lipinski definition) is 3. The minimum Gasteiger partial charge on any atom is -0.286 e. The fourth-order valence-corrected chi connectivity index (χ4v) is 4.74. The van der Waals surface area contributed by atoms with Crippen LogP contribution in [0.5, 0.6) is 0 Å². The Morgan fingerprint density at radius 2 is 1.72 bits per heavy atom. The van der Waals surface area contributed by atoms with Crippen molar-refractivity contribution >= 4 is 28.5 Å². The summed E-state index contributed by atoms with van der Waals surface area (Å²) in [4.78, 5) is 24.3. The first kappa shape index (κ1) is 21.1. The number of benzene rings is 2. The molecule has 0 spiro atoms. The fourth-order valence-electron chi connectivity index (χ4n) is 3.73. The molecule has 0 saturated carbocycles. The number of imide groups is 1. The number of carbonyl (C=O) groups is 2. The van der Waals surface area contributed by atoms with Crippen molar-refractivity contribution in [3.8, 4) is 0 Å². The minimum absolute atomic E-state index is 0.172. The van der Waals surface area contributed by atoms with E-state index in [-0.39, 0.29) is 17.1 Å². The molecule has 2 unspecified atom stereocenters. The van der Waals surface area contributed by atoms with Crippen LogP contribution in [0.4, 0.5) is 4.79 Å². The van der Waals surface area contributed by atoms with Gasteiger partial charge in [0.1, 0.15) is 5.25 Å². The van der Waals surface area contributed by atoms with Crippen molar-refractivity contribution in [1.29, 1.82) is 0 Å². The van der Waals surface area contributed by atoms with E-state index < -0.39 is 5.25 Å². The average Bonchev–Trinajstić information content (AvgIpc) is 3.08. The maximum atomic E-state index is 12.5. The lowest BCUT2D eigenvalue weighted by atomic mass is 9.85. The molecule has 2 aromatic carbocycles. The lowest BCUT2D eigenvalue weighted by Crippen LogP contribution is -2.29. The highest BCUT2D eigenvalue weighted by Gasteiger charge is 2.39. The van der Waals surface area contributed by atoms with Gasteiger partial charge in [-0.2, -0.15) is 0 Å². The Morgan fingerprint density at radius 1 is 1.00 bits per heavy atom. The summed E-state index contributed by atoms with van der Waals surface area (Å²) in [5, 5.41) is 1.72. The van der Waals surface area contributed by atoms with E-state index in [0.717, 1.165) is 46.9 Å². The van der Waals surface area contributed by atoms with Gasteiger partial charge < -0.3 is 0 Å². The molecule has 150 valence electrons. The first-order chi connectivity index (χ1) is 14.1. The number of carbonyl (C=O) groups excluding carboxylic acids is 2. The highest BCUT2D eigenvalue weighted by Crippen LogP contribution is 2.39. The van der Waals surface area contributed by atoms with Crippen molar-refractivity contribution < 1.29 is 9.59 Å². The molecule has 3 nitrogen and oxygen atoms in total. The Balaban J connectivity index is 0.00000117. The van der Waals surface area contributed by atoms with Gasteiger partial charge in [-0.05, 0) is 42.0 Å². The monoisotopic (exact) mass is 405 g/mol. The van der Waals surface area contributed by atoms with Gasteiger partial charge in [0.2, 0.25) is 5.91 Å². The van der Waals surface area contributed by atoms with Gasteiger partial charge in [0.25, 0.3) is 5.24 Å². The van der Waals surface area contributed by atoms with Gasteiger partial charge in [0.05, 0.1) is 0 Å². The normalized spacial score (nSPS) is 19.1. The quantitative estimate of drug-likeness (QED) is 0.655. The van der Waals surface area contributed by atoms with E-state index in [4.69, 9.17) is 0 Å². The summed E-state index contributed by atoms with van der Waals surface area (Å²) in [5.74, 6) is -0.381. The molecule has 1 fully saturated rings. The van der Waals surface area contributed by atoms with Crippen molar-refractivity contribution in [2.45, 2.75) is 44.8 Å². The summed E-state index contributed by atoms with van der Waals surface area (Å²) in [7, 11) is 0. The number of nitrogens with one attached hydrogen (secondary N) is 1. The molecule has 29 heavy (non-hydrogen) atoms. The molecule has 0 aromatic heterocycles. The second-order valence-corrected chi connectivity index (χ2v) is 8.09. The van der Waals surface area contributed by atoms with Crippen molar-refractivity contribution in [3.63, 3.8) is 0 Å². The van der Waals surface area contributed by atoms with Crippen LogP contribution in [-0.4, -0.2) is 16.4 Å². The summed E-state index contributed by atoms with van der Waals surface area (Å²) in [5.41, 5.74) is 5.62. The maximum absolute atomic E-state index is 12.5. The SMILES string of the molecule is CC.Cc1cccc(C(c2cccc(C3=CCCC=C3)c2)C2SC(=O)NC2=O)c1. The minimum atomic E-state index is -0.453. The number of rotatable bonds is 4. The number of amides is 2. The molecule has 0 bridgehead atoms. The molecule has 4 heteroatoms. The average molecular weight is 406 g/mol. The summed E-state index contributed by atoms with van der Waals surface area (Å²) >= 11 is 1.09. The summed E-state index contributed by atoms with van der Waals surface area (Å²) < 4.78 is 0. The molecule has 2 aromatic rings. The predicted octanol–water partition coefficient (Wildman–Crippen LogP) is 6.24. The topological polar surface area (TPSA) is 46.2 Å². The van der Waals surface area contributed by atoms with E-state index in [2.05, 4.69) is 47.8 Å². The fraction of sp³-hybridized carbons (Fsp3) is 0.280. The zero-order valence-corrected chi connectivity index (χ0v) is 18.0. The first-order valence-electron chi connectivity index (χ1n) is 10.2. The van der Waals surface area contributed by atoms with Gasteiger partial charge in [-0.3, -0.25) is 14.9 Å². The van der Waals surface area contributed by atoms with Crippen LogP contribution in [0.1, 0.15) is 54.9 Å². The van der Waals surface area contributed by atoms with Crippen molar-refractivity contribution in [3.05, 3.63) is 89.0 Å². The van der Waals surface area contributed by atoms with Gasteiger partial charge in [-0.25, -0.2) is 0 Å². The predicted molar refractivity (Wildman–Crippen MR) is 122 cm³/mol. The van der Waals surface area contributed by atoms with Crippen LogP contribution < -0.4 is 5.32 Å². The molecule has 2 aliphatic rings. The van der Waals surface area contributed by atoms with Crippen molar-refractivity contribution in [2.75, 3.05) is 0 Å². The second kappa shape index (κ2) is 9.75. The summed E-state index contributed by atoms with van der Waals surface area (Å²) in [6, 6.07) is 16.6. The number of thioether (sulfide) groups is 1. The number of hydrogen-bond donors (Lipinski definition) is 1. The van der Waals surface area contributed by atoms with Crippen LogP contribution in [0, 0.1) is 6.92 Å². The second-order valence-electron chi connectivity index (χ2n) is 6.97. The van der Waals surface area contributed by atoms with Crippen molar-refractivity contribution in [2.24, 2.45) is 0 Å². The molecular weight excluding hydrogens is 378 g/mol. The summed E-state index contributed by atoms with van der Waals surface area (Å²) in [6.45, 7) is 6.04. The first-order valence-corrected chi connectivity index (χ1v) is 11.0. The van der Waals surface area contributed by atoms with Gasteiger partial charge >= 0.3 is 0 Å². The Kier molecular flexibility index (Phi) is 7.10. The summed E-state index contributed by atoms with van der Waals surface area (Å²) in [6.07, 6.45) is 8.73. The third-order valence-electron chi connectivity index (χ3n) is 5.00. The van der Waals surface area contributed by atoms with E-state index in [1.165, 1.54) is 5.57 Å². The molecule has 2 amide bonds. The van der Waals surface area contributed by atoms with Crippen LogP contribution in [0.25, 0.3) is 5.57 Å². The molecule has 1 aliphatic heterocycles. The molecule has 1 N–H and O–H groups in total. The van der Waals surface area contributed by atoms with Gasteiger partial charge in [0.15, 0.2) is 0 Å². The van der Waals surface area contributed by atoms with Crippen molar-refractivity contribution in [1.82, 2.24) is 5.32 Å². The van der Waals surface area contributed by atoms with Crippen LogP contribution in [-0.2, 0) is 4.79 Å². The number of aryl methyl sites for hydroxylation is 1. The third-order valence-corrected chi connectivity index (χ3v) is 6.05. The highest BCUT2D eigenvalue weighted by atomic mass is 32.2. The standard InChI is InChI=1S/C23H21NO2S.C2H6/c1-15-7-5-11-18(13-15)20(21-22(25)24-23(26)27-21)19-12-6-10-17(14-19)16-8-3-2-4-9-16;1-2/h3,5-14,20-21H,2,4H2,1H3,(H,24,25,26);1-2H3. The zero-order valence-electron chi connectivity index (χ0n) is 17.1. The van der Waals surface area contributed by atoms with Crippen LogP contribution >= 0.6 is 11.8 Å². The smallest absolute Gasteiger partial charge is 0.286 e. The molecule has 1 saturated heterocycles. The van der Waals surface area contributed by atoms with E-state index in [0.29, 0.717) is 0 Å². The Bertz CT molecular complexity index is 961. The van der Waals surface area contributed by atoms with Crippen LogP contribution in [0.3, 0.4) is 0 Å². The maximum Gasteiger partial charge on any atom is 0.286 e. The molecule has 4 rings (SSSR count). The zero-order chi connectivity index (χ0) is 20.8. The van der Waals surface area contributed by atoms with Crippen LogP contribution in [0.2, 0.25) is 0 Å². The largest absolute Gasteiger partial charge is 0.286 e. The molecule has 1 heterocycles. The van der Waals surface area contributed by atoms with Gasteiger partial charge in [-0.1, -0.05) is 97.9 Å². The third kappa shape index (κ3) is 4.88. The number of allylic oxidation sites excluding steroid dienone is 4. The Labute approximate surface area is 177 Å². The van der Waals surface area contributed by atoms with Crippen LogP contribution in [0.15, 0.2) is 66.8 Å². The molecule has 1 aliphatic carbocycles. The Morgan fingerprint density at radius 3 is 2.34 bits per heavy atom.